The number of para-hydroxylation sites is 1. The normalized spacial score (nSPS) is 11.1. The van der Waals surface area contributed by atoms with E-state index in [0.717, 1.165) is 22.6 Å². The Morgan fingerprint density at radius 1 is 1.15 bits per heavy atom. The van der Waals surface area contributed by atoms with Gasteiger partial charge in [-0.15, -0.1) is 11.3 Å². The number of hydrogen-bond acceptors (Lipinski definition) is 4. The van der Waals surface area contributed by atoms with Crippen LogP contribution in [0.2, 0.25) is 0 Å². The van der Waals surface area contributed by atoms with Crippen LogP contribution in [0, 0.1) is 0 Å². The number of aromatic nitrogens is 1. The number of ether oxygens (including phenoxy) is 1. The highest BCUT2D eigenvalue weighted by Gasteiger charge is 2.10. The van der Waals surface area contributed by atoms with Crippen LogP contribution in [0.3, 0.4) is 0 Å². The third-order valence-corrected chi connectivity index (χ3v) is 4.91. The molecule has 0 fully saturated rings. The monoisotopic (exact) mass is 378 g/mol. The molecular formula is C22H22N2O2S. The summed E-state index contributed by atoms with van der Waals surface area (Å²) in [5.41, 5.74) is 3.95. The molecule has 0 radical (unpaired) electrons. The van der Waals surface area contributed by atoms with Gasteiger partial charge in [0.05, 0.1) is 12.8 Å². The maximum Gasteiger partial charge on any atom is 0.250 e. The molecule has 0 atom stereocenters. The van der Waals surface area contributed by atoms with E-state index in [1.54, 1.807) is 13.2 Å². The molecule has 3 aromatic rings. The first-order valence-electron chi connectivity index (χ1n) is 8.74. The van der Waals surface area contributed by atoms with Gasteiger partial charge in [0.15, 0.2) is 5.13 Å². The summed E-state index contributed by atoms with van der Waals surface area (Å²) >= 11 is 1.39. The minimum atomic E-state index is -0.205. The second-order valence-corrected chi connectivity index (χ2v) is 7.24. The molecule has 27 heavy (non-hydrogen) atoms. The Morgan fingerprint density at radius 3 is 2.59 bits per heavy atom. The zero-order chi connectivity index (χ0) is 19.2. The van der Waals surface area contributed by atoms with Crippen molar-refractivity contribution in [3.63, 3.8) is 0 Å². The molecule has 0 bridgehead atoms. The SMILES string of the molecule is COc1ccccc1-c1csc(NC(=O)/C=C/c2ccc(C(C)C)cc2)n1. The Kier molecular flexibility index (Phi) is 6.04. The summed E-state index contributed by atoms with van der Waals surface area (Å²) < 4.78 is 5.37. The Labute approximate surface area is 163 Å². The van der Waals surface area contributed by atoms with E-state index in [9.17, 15) is 4.79 Å². The first-order chi connectivity index (χ1) is 13.1. The topological polar surface area (TPSA) is 51.2 Å². The standard InChI is InChI=1S/C22H22N2O2S/c1-15(2)17-11-8-16(9-12-17)10-13-21(25)24-22-23-19(14-27-22)18-6-4-5-7-20(18)26-3/h4-15H,1-3H3,(H,23,24,25)/b13-10+. The van der Waals surface area contributed by atoms with Crippen molar-refractivity contribution in [3.05, 3.63) is 71.1 Å². The third-order valence-electron chi connectivity index (χ3n) is 4.15. The Balaban J connectivity index is 1.65. The first kappa shape index (κ1) is 18.9. The van der Waals surface area contributed by atoms with Crippen molar-refractivity contribution in [3.8, 4) is 17.0 Å². The molecule has 0 unspecified atom stereocenters. The van der Waals surface area contributed by atoms with Crippen LogP contribution < -0.4 is 10.1 Å². The van der Waals surface area contributed by atoms with Crippen LogP contribution in [0.15, 0.2) is 60.0 Å². The van der Waals surface area contributed by atoms with E-state index >= 15 is 0 Å². The fourth-order valence-electron chi connectivity index (χ4n) is 2.62. The molecule has 1 heterocycles. The second kappa shape index (κ2) is 8.64. The number of benzene rings is 2. The molecule has 0 spiro atoms. The van der Waals surface area contributed by atoms with Crippen LogP contribution in [-0.2, 0) is 4.79 Å². The zero-order valence-electron chi connectivity index (χ0n) is 15.6. The van der Waals surface area contributed by atoms with Crippen molar-refractivity contribution >= 4 is 28.5 Å². The van der Waals surface area contributed by atoms with Gasteiger partial charge in [0.2, 0.25) is 5.91 Å². The molecule has 4 nitrogen and oxygen atoms in total. The van der Waals surface area contributed by atoms with Crippen molar-refractivity contribution in [1.82, 2.24) is 4.98 Å². The first-order valence-corrected chi connectivity index (χ1v) is 9.62. The van der Waals surface area contributed by atoms with Crippen LogP contribution in [0.1, 0.15) is 30.9 Å². The number of carbonyl (C=O) groups excluding carboxylic acids is 1. The van der Waals surface area contributed by atoms with Crippen LogP contribution in [-0.4, -0.2) is 18.0 Å². The molecule has 138 valence electrons. The van der Waals surface area contributed by atoms with Crippen LogP contribution in [0.4, 0.5) is 5.13 Å². The van der Waals surface area contributed by atoms with Gasteiger partial charge in [-0.3, -0.25) is 10.1 Å². The van der Waals surface area contributed by atoms with Crippen molar-refractivity contribution in [2.75, 3.05) is 12.4 Å². The van der Waals surface area contributed by atoms with E-state index in [0.29, 0.717) is 11.0 Å². The van der Waals surface area contributed by atoms with E-state index in [-0.39, 0.29) is 5.91 Å². The summed E-state index contributed by atoms with van der Waals surface area (Å²) in [6.07, 6.45) is 3.32. The fraction of sp³-hybridized carbons (Fsp3) is 0.182. The molecule has 1 amide bonds. The highest BCUT2D eigenvalue weighted by atomic mass is 32.1. The third kappa shape index (κ3) is 4.83. The summed E-state index contributed by atoms with van der Waals surface area (Å²) in [5.74, 6) is 1.04. The van der Waals surface area contributed by atoms with Gasteiger partial charge in [-0.25, -0.2) is 4.98 Å². The molecule has 2 aromatic carbocycles. The maximum absolute atomic E-state index is 12.2. The molecule has 0 saturated heterocycles. The molecule has 1 aromatic heterocycles. The largest absolute Gasteiger partial charge is 0.496 e. The number of nitrogens with zero attached hydrogens (tertiary/aromatic N) is 1. The van der Waals surface area contributed by atoms with Gasteiger partial charge < -0.3 is 4.74 Å². The summed E-state index contributed by atoms with van der Waals surface area (Å²) in [5, 5.41) is 5.27. The maximum atomic E-state index is 12.2. The van der Waals surface area contributed by atoms with Gasteiger partial charge in [0.1, 0.15) is 5.75 Å². The average Bonchev–Trinajstić information content (AvgIpc) is 3.14. The minimum Gasteiger partial charge on any atom is -0.496 e. The highest BCUT2D eigenvalue weighted by Crippen LogP contribution is 2.31. The number of thiazole rings is 1. The Bertz CT molecular complexity index is 943. The van der Waals surface area contributed by atoms with Gasteiger partial charge in [0, 0.05) is 17.0 Å². The van der Waals surface area contributed by atoms with Crippen LogP contribution in [0.25, 0.3) is 17.3 Å². The van der Waals surface area contributed by atoms with E-state index in [1.807, 2.05) is 41.8 Å². The number of amides is 1. The number of methoxy groups -OCH3 is 1. The molecule has 0 aliphatic carbocycles. The minimum absolute atomic E-state index is 0.205. The highest BCUT2D eigenvalue weighted by molar-refractivity contribution is 7.14. The van der Waals surface area contributed by atoms with E-state index in [2.05, 4.69) is 36.3 Å². The predicted molar refractivity (Wildman–Crippen MR) is 112 cm³/mol. The van der Waals surface area contributed by atoms with Crippen molar-refractivity contribution in [2.24, 2.45) is 0 Å². The zero-order valence-corrected chi connectivity index (χ0v) is 16.4. The van der Waals surface area contributed by atoms with Crippen molar-refractivity contribution in [1.29, 1.82) is 0 Å². The van der Waals surface area contributed by atoms with Gasteiger partial charge >= 0.3 is 0 Å². The quantitative estimate of drug-likeness (QED) is 0.569. The van der Waals surface area contributed by atoms with Crippen LogP contribution >= 0.6 is 11.3 Å². The van der Waals surface area contributed by atoms with E-state index in [4.69, 9.17) is 4.74 Å². The molecule has 5 heteroatoms. The van der Waals surface area contributed by atoms with Gasteiger partial charge in [0.25, 0.3) is 0 Å². The lowest BCUT2D eigenvalue weighted by Crippen LogP contribution is -2.07. The number of nitrogens with one attached hydrogen (secondary N) is 1. The van der Waals surface area contributed by atoms with Gasteiger partial charge in [-0.1, -0.05) is 50.2 Å². The predicted octanol–water partition coefficient (Wildman–Crippen LogP) is 5.59. The summed E-state index contributed by atoms with van der Waals surface area (Å²) in [6.45, 7) is 4.32. The van der Waals surface area contributed by atoms with Crippen LogP contribution in [0.5, 0.6) is 5.75 Å². The number of rotatable bonds is 6. The van der Waals surface area contributed by atoms with Crippen molar-refractivity contribution < 1.29 is 9.53 Å². The molecule has 0 aliphatic rings. The molecule has 0 aliphatic heterocycles. The number of carbonyl (C=O) groups is 1. The number of hydrogen-bond donors (Lipinski definition) is 1. The summed E-state index contributed by atoms with van der Waals surface area (Å²) in [6, 6.07) is 15.9. The summed E-state index contributed by atoms with van der Waals surface area (Å²) in [7, 11) is 1.63. The molecule has 3 rings (SSSR count). The lowest BCUT2D eigenvalue weighted by atomic mass is 10.0. The summed E-state index contributed by atoms with van der Waals surface area (Å²) in [4.78, 5) is 16.7. The smallest absolute Gasteiger partial charge is 0.250 e. The second-order valence-electron chi connectivity index (χ2n) is 6.38. The molecule has 1 N–H and O–H groups in total. The Hall–Kier alpha value is -2.92. The fourth-order valence-corrected chi connectivity index (χ4v) is 3.34. The van der Waals surface area contributed by atoms with Crippen molar-refractivity contribution in [2.45, 2.75) is 19.8 Å². The average molecular weight is 378 g/mol. The van der Waals surface area contributed by atoms with E-state index in [1.165, 1.54) is 23.0 Å². The lowest BCUT2D eigenvalue weighted by Gasteiger charge is -2.05. The van der Waals surface area contributed by atoms with Gasteiger partial charge in [-0.2, -0.15) is 0 Å². The van der Waals surface area contributed by atoms with Gasteiger partial charge in [-0.05, 0) is 35.3 Å². The number of anilines is 1. The molecular weight excluding hydrogens is 356 g/mol. The lowest BCUT2D eigenvalue weighted by molar-refractivity contribution is -0.111. The molecule has 0 saturated carbocycles. The Morgan fingerprint density at radius 2 is 1.89 bits per heavy atom. The van der Waals surface area contributed by atoms with E-state index < -0.39 is 0 Å².